The smallest absolute Gasteiger partial charge is 0.320 e. The highest BCUT2D eigenvalue weighted by Crippen LogP contribution is 2.23. The predicted octanol–water partition coefficient (Wildman–Crippen LogP) is 3.99. The SMILES string of the molecule is CCn1c(=O)c2c(ncn2Cc2ccc(C(C)(C)C)cc2)n(-c2ccc(F)cc2F)c1=O. The Balaban J connectivity index is 1.90. The van der Waals surface area contributed by atoms with E-state index in [1.165, 1.54) is 18.0 Å². The largest absolute Gasteiger partial charge is 0.337 e. The number of rotatable bonds is 4. The number of hydrogen-bond acceptors (Lipinski definition) is 3. The molecule has 32 heavy (non-hydrogen) atoms. The third-order valence-electron chi connectivity index (χ3n) is 5.54. The summed E-state index contributed by atoms with van der Waals surface area (Å²) in [5.74, 6) is -1.68. The van der Waals surface area contributed by atoms with Gasteiger partial charge in [0.25, 0.3) is 5.56 Å². The molecule has 0 aliphatic carbocycles. The molecule has 0 spiro atoms. The summed E-state index contributed by atoms with van der Waals surface area (Å²) in [7, 11) is 0. The van der Waals surface area contributed by atoms with E-state index in [2.05, 4.69) is 25.8 Å². The Kier molecular flexibility index (Phi) is 5.32. The predicted molar refractivity (Wildman–Crippen MR) is 119 cm³/mol. The van der Waals surface area contributed by atoms with Gasteiger partial charge in [0.05, 0.1) is 12.0 Å². The Hall–Kier alpha value is -3.55. The highest BCUT2D eigenvalue weighted by molar-refractivity contribution is 5.72. The number of aromatic nitrogens is 4. The van der Waals surface area contributed by atoms with Crippen LogP contribution in [0.15, 0.2) is 58.4 Å². The molecule has 6 nitrogen and oxygen atoms in total. The molecule has 0 aliphatic rings. The van der Waals surface area contributed by atoms with Gasteiger partial charge in [-0.2, -0.15) is 0 Å². The van der Waals surface area contributed by atoms with Crippen LogP contribution in [0.2, 0.25) is 0 Å². The van der Waals surface area contributed by atoms with E-state index in [1.807, 2.05) is 24.3 Å². The molecule has 0 radical (unpaired) electrons. The van der Waals surface area contributed by atoms with E-state index in [0.717, 1.165) is 20.8 Å². The highest BCUT2D eigenvalue weighted by atomic mass is 19.1. The summed E-state index contributed by atoms with van der Waals surface area (Å²) >= 11 is 0. The number of fused-ring (bicyclic) bond motifs is 1. The van der Waals surface area contributed by atoms with Crippen LogP contribution >= 0.6 is 0 Å². The topological polar surface area (TPSA) is 61.8 Å². The molecule has 0 unspecified atom stereocenters. The molecule has 8 heteroatoms. The first-order valence-electron chi connectivity index (χ1n) is 10.4. The van der Waals surface area contributed by atoms with Gasteiger partial charge in [0.1, 0.15) is 11.6 Å². The van der Waals surface area contributed by atoms with E-state index in [-0.39, 0.29) is 28.8 Å². The van der Waals surface area contributed by atoms with E-state index < -0.39 is 22.9 Å². The molecular weight excluding hydrogens is 414 g/mol. The minimum atomic E-state index is -0.915. The zero-order chi connectivity index (χ0) is 23.2. The Morgan fingerprint density at radius 3 is 2.28 bits per heavy atom. The summed E-state index contributed by atoms with van der Waals surface area (Å²) in [4.78, 5) is 30.3. The van der Waals surface area contributed by atoms with Crippen LogP contribution < -0.4 is 11.2 Å². The van der Waals surface area contributed by atoms with Crippen LogP contribution in [0.3, 0.4) is 0 Å². The van der Waals surface area contributed by atoms with E-state index >= 15 is 0 Å². The molecule has 2 aromatic carbocycles. The van der Waals surface area contributed by atoms with Crippen molar-refractivity contribution in [1.29, 1.82) is 0 Å². The summed E-state index contributed by atoms with van der Waals surface area (Å²) in [6, 6.07) is 11.0. The summed E-state index contributed by atoms with van der Waals surface area (Å²) in [6.45, 7) is 8.50. The molecule has 0 saturated heterocycles. The van der Waals surface area contributed by atoms with E-state index in [1.54, 1.807) is 11.5 Å². The third kappa shape index (κ3) is 3.66. The fourth-order valence-electron chi connectivity index (χ4n) is 3.77. The van der Waals surface area contributed by atoms with E-state index in [0.29, 0.717) is 12.6 Å². The molecule has 166 valence electrons. The van der Waals surface area contributed by atoms with Crippen LogP contribution in [-0.2, 0) is 18.5 Å². The van der Waals surface area contributed by atoms with Gasteiger partial charge in [-0.1, -0.05) is 45.0 Å². The van der Waals surface area contributed by atoms with Crippen molar-refractivity contribution < 1.29 is 8.78 Å². The minimum Gasteiger partial charge on any atom is -0.320 e. The van der Waals surface area contributed by atoms with Gasteiger partial charge < -0.3 is 4.57 Å². The van der Waals surface area contributed by atoms with Gasteiger partial charge in [-0.25, -0.2) is 23.1 Å². The fraction of sp³-hybridized carbons (Fsp3) is 0.292. The molecular formula is C24H24F2N4O2. The zero-order valence-corrected chi connectivity index (χ0v) is 18.4. The lowest BCUT2D eigenvalue weighted by atomic mass is 9.87. The molecule has 4 aromatic rings. The standard InChI is InChI=1S/C24H24F2N4O2/c1-5-29-22(31)20-21(30(23(29)32)19-11-10-17(25)12-18(19)26)27-14-28(20)13-15-6-8-16(9-7-15)24(2,3)4/h6-12,14H,5,13H2,1-4H3. The number of imidazole rings is 1. The maximum atomic E-state index is 14.5. The molecule has 2 aromatic heterocycles. The summed E-state index contributed by atoms with van der Waals surface area (Å²) in [6.07, 6.45) is 1.46. The molecule has 0 bridgehead atoms. The molecule has 0 amide bonds. The van der Waals surface area contributed by atoms with Gasteiger partial charge in [0.2, 0.25) is 0 Å². The maximum Gasteiger partial charge on any atom is 0.337 e. The van der Waals surface area contributed by atoms with Crippen molar-refractivity contribution in [2.24, 2.45) is 0 Å². The first-order valence-corrected chi connectivity index (χ1v) is 10.4. The minimum absolute atomic E-state index is 0.0182. The molecule has 0 aliphatic heterocycles. The van der Waals surface area contributed by atoms with Gasteiger partial charge >= 0.3 is 5.69 Å². The van der Waals surface area contributed by atoms with E-state index in [9.17, 15) is 18.4 Å². The Labute approximate surface area is 183 Å². The monoisotopic (exact) mass is 438 g/mol. The van der Waals surface area contributed by atoms with Crippen LogP contribution in [-0.4, -0.2) is 18.7 Å². The second kappa shape index (κ2) is 7.85. The molecule has 0 saturated carbocycles. The lowest BCUT2D eigenvalue weighted by Crippen LogP contribution is -2.39. The quantitative estimate of drug-likeness (QED) is 0.484. The van der Waals surface area contributed by atoms with Crippen LogP contribution in [0.5, 0.6) is 0 Å². The van der Waals surface area contributed by atoms with Crippen molar-refractivity contribution in [2.75, 3.05) is 0 Å². The summed E-state index contributed by atoms with van der Waals surface area (Å²) < 4.78 is 31.7. The Morgan fingerprint density at radius 1 is 1.00 bits per heavy atom. The van der Waals surface area contributed by atoms with Crippen molar-refractivity contribution in [2.45, 2.75) is 46.2 Å². The normalized spacial score (nSPS) is 11.9. The van der Waals surface area contributed by atoms with Crippen molar-refractivity contribution in [3.8, 4) is 5.69 Å². The van der Waals surface area contributed by atoms with Crippen molar-refractivity contribution in [3.63, 3.8) is 0 Å². The number of benzene rings is 2. The first-order chi connectivity index (χ1) is 15.1. The lowest BCUT2D eigenvalue weighted by molar-refractivity contribution is 0.572. The zero-order valence-electron chi connectivity index (χ0n) is 18.4. The van der Waals surface area contributed by atoms with Crippen molar-refractivity contribution in [1.82, 2.24) is 18.7 Å². The average Bonchev–Trinajstić information content (AvgIpc) is 3.13. The number of hydrogen-bond donors (Lipinski definition) is 0. The van der Waals surface area contributed by atoms with Crippen LogP contribution in [0.4, 0.5) is 8.78 Å². The lowest BCUT2D eigenvalue weighted by Gasteiger charge is -2.19. The van der Waals surface area contributed by atoms with E-state index in [4.69, 9.17) is 0 Å². The van der Waals surface area contributed by atoms with Gasteiger partial charge in [0.15, 0.2) is 11.2 Å². The highest BCUT2D eigenvalue weighted by Gasteiger charge is 2.21. The molecule has 2 heterocycles. The maximum absolute atomic E-state index is 14.5. The van der Waals surface area contributed by atoms with Gasteiger partial charge in [-0.3, -0.25) is 9.36 Å². The van der Waals surface area contributed by atoms with Crippen LogP contribution in [0, 0.1) is 11.6 Å². The van der Waals surface area contributed by atoms with Gasteiger partial charge in [-0.05, 0) is 35.6 Å². The Morgan fingerprint density at radius 2 is 1.69 bits per heavy atom. The molecule has 4 rings (SSSR count). The molecule has 0 fully saturated rings. The second-order valence-electron chi connectivity index (χ2n) is 8.75. The first kappa shape index (κ1) is 21.7. The second-order valence-corrected chi connectivity index (χ2v) is 8.75. The van der Waals surface area contributed by atoms with Crippen LogP contribution in [0.1, 0.15) is 38.8 Å². The molecule has 0 N–H and O–H groups in total. The van der Waals surface area contributed by atoms with Crippen LogP contribution in [0.25, 0.3) is 16.9 Å². The summed E-state index contributed by atoms with van der Waals surface area (Å²) in [5, 5.41) is 0. The average molecular weight is 438 g/mol. The van der Waals surface area contributed by atoms with Gasteiger partial charge in [0, 0.05) is 19.2 Å². The van der Waals surface area contributed by atoms with Crippen molar-refractivity contribution >= 4 is 11.2 Å². The molecule has 0 atom stereocenters. The number of halogens is 2. The van der Waals surface area contributed by atoms with Gasteiger partial charge in [-0.15, -0.1) is 0 Å². The fourth-order valence-corrected chi connectivity index (χ4v) is 3.77. The Bertz CT molecular complexity index is 1420. The number of nitrogens with zero attached hydrogens (tertiary/aromatic N) is 4. The van der Waals surface area contributed by atoms with Crippen molar-refractivity contribution in [3.05, 3.63) is 92.4 Å². The summed E-state index contributed by atoms with van der Waals surface area (Å²) in [5.41, 5.74) is 0.964. The third-order valence-corrected chi connectivity index (χ3v) is 5.54.